The summed E-state index contributed by atoms with van der Waals surface area (Å²) in [6.07, 6.45) is 2.04. The highest BCUT2D eigenvalue weighted by atomic mass is 19.1. The summed E-state index contributed by atoms with van der Waals surface area (Å²) >= 11 is 0. The zero-order valence-corrected chi connectivity index (χ0v) is 15.0. The monoisotopic (exact) mass is 354 g/mol. The number of halogens is 1. The van der Waals surface area contributed by atoms with E-state index in [1.54, 1.807) is 13.2 Å². The Bertz CT molecular complexity index is 788. The van der Waals surface area contributed by atoms with Crippen LogP contribution in [0.5, 0.6) is 11.5 Å². The van der Waals surface area contributed by atoms with E-state index in [1.807, 2.05) is 24.3 Å². The Morgan fingerprint density at radius 2 is 2.08 bits per heavy atom. The maximum absolute atomic E-state index is 13.3. The predicted octanol–water partition coefficient (Wildman–Crippen LogP) is 4.15. The van der Waals surface area contributed by atoms with Crippen LogP contribution in [-0.4, -0.2) is 25.1 Å². The van der Waals surface area contributed by atoms with Gasteiger partial charge < -0.3 is 9.47 Å². The van der Waals surface area contributed by atoms with Crippen LogP contribution in [0.1, 0.15) is 24.0 Å². The molecule has 26 heavy (non-hydrogen) atoms. The van der Waals surface area contributed by atoms with Crippen molar-refractivity contribution in [2.45, 2.75) is 26.0 Å². The van der Waals surface area contributed by atoms with Crippen LogP contribution in [0, 0.1) is 23.1 Å². The number of nitrogens with zero attached hydrogens (tertiary/aromatic N) is 2. The molecule has 2 aromatic carbocycles. The molecule has 0 N–H and O–H groups in total. The number of likely N-dealkylation sites (tertiary alicyclic amines) is 1. The molecule has 0 aliphatic carbocycles. The van der Waals surface area contributed by atoms with Gasteiger partial charge in [0.05, 0.1) is 19.1 Å². The summed E-state index contributed by atoms with van der Waals surface area (Å²) in [6, 6.07) is 14.6. The van der Waals surface area contributed by atoms with E-state index in [-0.39, 0.29) is 18.3 Å². The number of ether oxygens (including phenoxy) is 2. The summed E-state index contributed by atoms with van der Waals surface area (Å²) in [4.78, 5) is 2.30. The molecule has 0 aromatic heterocycles. The first-order valence-corrected chi connectivity index (χ1v) is 8.84. The summed E-state index contributed by atoms with van der Waals surface area (Å²) in [5.41, 5.74) is 1.88. The van der Waals surface area contributed by atoms with Gasteiger partial charge in [-0.15, -0.1) is 0 Å². The first kappa shape index (κ1) is 18.2. The van der Waals surface area contributed by atoms with E-state index in [2.05, 4.69) is 11.0 Å². The van der Waals surface area contributed by atoms with E-state index in [9.17, 15) is 4.39 Å². The number of piperidine rings is 1. The Hall–Kier alpha value is -2.58. The SMILES string of the molecule is COc1ccc(CN2CCCC(C#N)C2)cc1OCc1cccc(F)c1. The third-order valence-corrected chi connectivity index (χ3v) is 4.61. The number of hydrogen-bond acceptors (Lipinski definition) is 4. The van der Waals surface area contributed by atoms with Gasteiger partial charge in [0.2, 0.25) is 0 Å². The van der Waals surface area contributed by atoms with Gasteiger partial charge in [0.15, 0.2) is 11.5 Å². The first-order chi connectivity index (χ1) is 12.7. The zero-order chi connectivity index (χ0) is 18.4. The molecule has 1 aliphatic rings. The van der Waals surface area contributed by atoms with Gasteiger partial charge in [-0.3, -0.25) is 4.90 Å². The van der Waals surface area contributed by atoms with Gasteiger partial charge in [-0.2, -0.15) is 5.26 Å². The molecular weight excluding hydrogens is 331 g/mol. The molecule has 0 spiro atoms. The Labute approximate surface area is 153 Å². The van der Waals surface area contributed by atoms with Crippen LogP contribution in [0.25, 0.3) is 0 Å². The van der Waals surface area contributed by atoms with Crippen molar-refractivity contribution in [3.05, 3.63) is 59.4 Å². The minimum Gasteiger partial charge on any atom is -0.493 e. The molecule has 0 radical (unpaired) electrons. The van der Waals surface area contributed by atoms with Crippen LogP contribution in [0.2, 0.25) is 0 Å². The van der Waals surface area contributed by atoms with Crippen molar-refractivity contribution in [1.29, 1.82) is 5.26 Å². The van der Waals surface area contributed by atoms with Crippen molar-refractivity contribution in [2.24, 2.45) is 5.92 Å². The molecule has 0 saturated carbocycles. The Morgan fingerprint density at radius 3 is 2.85 bits per heavy atom. The van der Waals surface area contributed by atoms with Gasteiger partial charge >= 0.3 is 0 Å². The maximum atomic E-state index is 13.3. The van der Waals surface area contributed by atoms with Crippen LogP contribution in [-0.2, 0) is 13.2 Å². The van der Waals surface area contributed by atoms with E-state index < -0.39 is 0 Å². The van der Waals surface area contributed by atoms with Gasteiger partial charge in [0.25, 0.3) is 0 Å². The molecule has 1 heterocycles. The van der Waals surface area contributed by atoms with Crippen molar-refractivity contribution < 1.29 is 13.9 Å². The van der Waals surface area contributed by atoms with E-state index in [0.29, 0.717) is 11.5 Å². The summed E-state index contributed by atoms with van der Waals surface area (Å²) in [7, 11) is 1.60. The summed E-state index contributed by atoms with van der Waals surface area (Å²) in [5, 5.41) is 9.15. The average Bonchev–Trinajstić information content (AvgIpc) is 2.67. The molecule has 5 heteroatoms. The molecule has 1 unspecified atom stereocenters. The minimum absolute atomic E-state index is 0.116. The van der Waals surface area contributed by atoms with Gasteiger partial charge in [-0.05, 0) is 54.8 Å². The second kappa shape index (κ2) is 8.68. The number of methoxy groups -OCH3 is 1. The number of benzene rings is 2. The summed E-state index contributed by atoms with van der Waals surface area (Å²) < 4.78 is 24.6. The Kier molecular flexibility index (Phi) is 6.08. The molecule has 3 rings (SSSR count). The van der Waals surface area contributed by atoms with Gasteiger partial charge in [0, 0.05) is 13.1 Å². The molecule has 2 aromatic rings. The topological polar surface area (TPSA) is 45.5 Å². The summed E-state index contributed by atoms with van der Waals surface area (Å²) in [5.74, 6) is 1.14. The standard InChI is InChI=1S/C21H23FN2O2/c1-25-20-8-7-16(13-24-9-3-5-18(12-23)14-24)11-21(20)26-15-17-4-2-6-19(22)10-17/h2,4,6-8,10-11,18H,3,5,9,13-15H2,1H3. The number of hydrogen-bond donors (Lipinski definition) is 0. The van der Waals surface area contributed by atoms with Crippen LogP contribution >= 0.6 is 0 Å². The molecule has 0 amide bonds. The lowest BCUT2D eigenvalue weighted by molar-refractivity contribution is 0.191. The van der Waals surface area contributed by atoms with Gasteiger partial charge in [-0.25, -0.2) is 4.39 Å². The van der Waals surface area contributed by atoms with E-state index in [1.165, 1.54) is 12.1 Å². The highest BCUT2D eigenvalue weighted by Crippen LogP contribution is 2.30. The average molecular weight is 354 g/mol. The Morgan fingerprint density at radius 1 is 1.19 bits per heavy atom. The lowest BCUT2D eigenvalue weighted by atomic mass is 9.99. The molecule has 1 saturated heterocycles. The van der Waals surface area contributed by atoms with Gasteiger partial charge in [0.1, 0.15) is 12.4 Å². The van der Waals surface area contributed by atoms with E-state index >= 15 is 0 Å². The number of rotatable bonds is 6. The Balaban J connectivity index is 1.69. The quantitative estimate of drug-likeness (QED) is 0.782. The largest absolute Gasteiger partial charge is 0.493 e. The lowest BCUT2D eigenvalue weighted by Gasteiger charge is -2.29. The third-order valence-electron chi connectivity index (χ3n) is 4.61. The molecule has 4 nitrogen and oxygen atoms in total. The summed E-state index contributed by atoms with van der Waals surface area (Å²) in [6.45, 7) is 2.86. The third kappa shape index (κ3) is 4.74. The first-order valence-electron chi connectivity index (χ1n) is 8.84. The van der Waals surface area contributed by atoms with Gasteiger partial charge in [-0.1, -0.05) is 18.2 Å². The fraction of sp³-hybridized carbons (Fsp3) is 0.381. The molecule has 1 aliphatic heterocycles. The zero-order valence-electron chi connectivity index (χ0n) is 15.0. The van der Waals surface area contributed by atoms with Crippen LogP contribution < -0.4 is 9.47 Å². The fourth-order valence-corrected chi connectivity index (χ4v) is 3.28. The molecule has 136 valence electrons. The van der Waals surface area contributed by atoms with Crippen molar-refractivity contribution in [1.82, 2.24) is 4.90 Å². The highest BCUT2D eigenvalue weighted by molar-refractivity contribution is 5.43. The van der Waals surface area contributed by atoms with Crippen molar-refractivity contribution in [2.75, 3.05) is 20.2 Å². The molecular formula is C21H23FN2O2. The highest BCUT2D eigenvalue weighted by Gasteiger charge is 2.19. The van der Waals surface area contributed by atoms with E-state index in [0.717, 1.165) is 43.6 Å². The van der Waals surface area contributed by atoms with E-state index in [4.69, 9.17) is 14.7 Å². The van der Waals surface area contributed by atoms with Crippen LogP contribution in [0.15, 0.2) is 42.5 Å². The molecule has 1 fully saturated rings. The van der Waals surface area contributed by atoms with Crippen molar-refractivity contribution in [3.8, 4) is 17.6 Å². The second-order valence-electron chi connectivity index (χ2n) is 6.61. The number of nitriles is 1. The van der Waals surface area contributed by atoms with Crippen LogP contribution in [0.4, 0.5) is 4.39 Å². The second-order valence-corrected chi connectivity index (χ2v) is 6.61. The van der Waals surface area contributed by atoms with Crippen molar-refractivity contribution in [3.63, 3.8) is 0 Å². The van der Waals surface area contributed by atoms with Crippen LogP contribution in [0.3, 0.4) is 0 Å². The normalized spacial score (nSPS) is 17.5. The molecule has 1 atom stereocenters. The predicted molar refractivity (Wildman–Crippen MR) is 97.3 cm³/mol. The maximum Gasteiger partial charge on any atom is 0.161 e. The lowest BCUT2D eigenvalue weighted by Crippen LogP contribution is -2.34. The smallest absolute Gasteiger partial charge is 0.161 e. The fourth-order valence-electron chi connectivity index (χ4n) is 3.28. The minimum atomic E-state index is -0.274. The van der Waals surface area contributed by atoms with Crippen molar-refractivity contribution >= 4 is 0 Å². The molecule has 0 bridgehead atoms.